The number of nitrogens with one attached hydrogen (secondary N) is 3. The van der Waals surface area contributed by atoms with Gasteiger partial charge in [0.2, 0.25) is 0 Å². The van der Waals surface area contributed by atoms with Crippen molar-refractivity contribution in [3.63, 3.8) is 0 Å². The van der Waals surface area contributed by atoms with E-state index in [2.05, 4.69) is 33.0 Å². The van der Waals surface area contributed by atoms with Gasteiger partial charge in [-0.1, -0.05) is 6.92 Å². The lowest BCUT2D eigenvalue weighted by atomic mass is 9.92. The van der Waals surface area contributed by atoms with Gasteiger partial charge in [-0.15, -0.1) is 0 Å². The molecule has 0 bridgehead atoms. The second kappa shape index (κ2) is 9.14. The van der Waals surface area contributed by atoms with Gasteiger partial charge in [0.1, 0.15) is 22.9 Å². The first-order chi connectivity index (χ1) is 17.9. The largest absolute Gasteiger partial charge is 0.381 e. The van der Waals surface area contributed by atoms with Crippen LogP contribution in [0.15, 0.2) is 35.4 Å². The van der Waals surface area contributed by atoms with Crippen LogP contribution in [-0.4, -0.2) is 64.6 Å². The smallest absolute Gasteiger partial charge is 0.274 e. The average molecular weight is 508 g/mol. The molecule has 6 rings (SSSR count). The standard InChI is InChI=1S/C26H33N7O4/c1-26-14-37-13-18(26)22(26)32-9-5-8-19(25(32)35)30-20-11-21(27-2)33-23(31-20)17(12-28-33)24(34)29-15-6-4-7-16(10-15)36-3/h5,8-9,11-12,15-16,18,22,27H,4,6-7,10,13-14H2,1-3H3,(H,29,34)(H,30,31)/t15-,16-,18+,22+,26?/m1/s1. The van der Waals surface area contributed by atoms with E-state index in [-0.39, 0.29) is 35.1 Å². The lowest BCUT2D eigenvalue weighted by Gasteiger charge is -2.28. The van der Waals surface area contributed by atoms with Gasteiger partial charge < -0.3 is 30.0 Å². The van der Waals surface area contributed by atoms with E-state index in [0.717, 1.165) is 25.7 Å². The molecule has 3 aromatic rings. The van der Waals surface area contributed by atoms with Crippen LogP contribution in [0.1, 0.15) is 49.0 Å². The van der Waals surface area contributed by atoms with Crippen LogP contribution in [0, 0.1) is 11.3 Å². The zero-order valence-electron chi connectivity index (χ0n) is 21.4. The number of aromatic nitrogens is 4. The average Bonchev–Trinajstić information content (AvgIpc) is 3.20. The van der Waals surface area contributed by atoms with E-state index >= 15 is 0 Å². The number of hydrogen-bond acceptors (Lipinski definition) is 8. The molecule has 3 fully saturated rings. The summed E-state index contributed by atoms with van der Waals surface area (Å²) < 4.78 is 14.5. The van der Waals surface area contributed by atoms with Crippen molar-refractivity contribution < 1.29 is 14.3 Å². The maximum atomic E-state index is 13.4. The monoisotopic (exact) mass is 507 g/mol. The van der Waals surface area contributed by atoms with Crippen LogP contribution in [0.2, 0.25) is 0 Å². The number of carbonyl (C=O) groups excluding carboxylic acids is 1. The van der Waals surface area contributed by atoms with E-state index in [4.69, 9.17) is 9.47 Å². The number of hydrogen-bond donors (Lipinski definition) is 3. The van der Waals surface area contributed by atoms with Crippen LogP contribution in [0.3, 0.4) is 0 Å². The van der Waals surface area contributed by atoms with Gasteiger partial charge in [0, 0.05) is 43.8 Å². The van der Waals surface area contributed by atoms with Gasteiger partial charge in [-0.2, -0.15) is 9.61 Å². The van der Waals surface area contributed by atoms with Crippen molar-refractivity contribution in [2.45, 2.75) is 50.8 Å². The Morgan fingerprint density at radius 1 is 1.32 bits per heavy atom. The molecular weight excluding hydrogens is 474 g/mol. The topological polar surface area (TPSA) is 124 Å². The Bertz CT molecular complexity index is 1400. The van der Waals surface area contributed by atoms with E-state index in [9.17, 15) is 9.59 Å². The number of carbonyl (C=O) groups is 1. The molecule has 11 nitrogen and oxygen atoms in total. The number of rotatable bonds is 7. The Balaban J connectivity index is 1.28. The first-order valence-corrected chi connectivity index (χ1v) is 12.9. The van der Waals surface area contributed by atoms with Gasteiger partial charge in [0.05, 0.1) is 31.6 Å². The zero-order valence-corrected chi connectivity index (χ0v) is 21.4. The molecule has 3 aromatic heterocycles. The lowest BCUT2D eigenvalue weighted by Crippen LogP contribution is -2.40. The number of pyridine rings is 1. The van der Waals surface area contributed by atoms with Crippen molar-refractivity contribution in [1.82, 2.24) is 24.5 Å². The van der Waals surface area contributed by atoms with Crippen molar-refractivity contribution in [3.8, 4) is 0 Å². The van der Waals surface area contributed by atoms with Crippen LogP contribution >= 0.6 is 0 Å². The number of nitrogens with zero attached hydrogens (tertiary/aromatic N) is 4. The number of fused-ring (bicyclic) bond motifs is 2. The predicted octanol–water partition coefficient (Wildman–Crippen LogP) is 2.57. The summed E-state index contributed by atoms with van der Waals surface area (Å²) in [4.78, 5) is 31.3. The third kappa shape index (κ3) is 4.06. The Morgan fingerprint density at radius 3 is 2.95 bits per heavy atom. The summed E-state index contributed by atoms with van der Waals surface area (Å²) in [6, 6.07) is 5.57. The molecule has 37 heavy (non-hydrogen) atoms. The molecule has 1 saturated heterocycles. The Hall–Kier alpha value is -3.44. The highest BCUT2D eigenvalue weighted by Gasteiger charge is 2.66. The SMILES string of the molecule is CNc1cc(Nc2cccn([C@H]3[C@@H]4COCC34C)c2=O)nc2c(C(=O)N[C@@H]3CCC[C@@H](OC)C3)cnn12. The third-order valence-electron chi connectivity index (χ3n) is 8.31. The van der Waals surface area contributed by atoms with Gasteiger partial charge in [0.15, 0.2) is 5.65 Å². The second-order valence-corrected chi connectivity index (χ2v) is 10.6. The summed E-state index contributed by atoms with van der Waals surface area (Å²) in [5, 5.41) is 13.8. The van der Waals surface area contributed by atoms with E-state index < -0.39 is 0 Å². The summed E-state index contributed by atoms with van der Waals surface area (Å²) in [7, 11) is 3.49. The Kier molecular flexibility index (Phi) is 5.91. The molecule has 5 atom stereocenters. The van der Waals surface area contributed by atoms with Gasteiger partial charge in [-0.25, -0.2) is 4.98 Å². The zero-order chi connectivity index (χ0) is 25.7. The number of anilines is 3. The van der Waals surface area contributed by atoms with Crippen molar-refractivity contribution in [3.05, 3.63) is 46.5 Å². The summed E-state index contributed by atoms with van der Waals surface area (Å²) in [6.07, 6.45) is 7.26. The molecular formula is C26H33N7O4. The quantitative estimate of drug-likeness (QED) is 0.446. The normalized spacial score (nSPS) is 28.6. The highest BCUT2D eigenvalue weighted by atomic mass is 16.5. The first kappa shape index (κ1) is 23.9. The number of methoxy groups -OCH3 is 1. The summed E-state index contributed by atoms with van der Waals surface area (Å²) in [5.74, 6) is 1.23. The second-order valence-electron chi connectivity index (χ2n) is 10.6. The third-order valence-corrected chi connectivity index (χ3v) is 8.31. The first-order valence-electron chi connectivity index (χ1n) is 12.9. The molecule has 3 N–H and O–H groups in total. The summed E-state index contributed by atoms with van der Waals surface area (Å²) >= 11 is 0. The van der Waals surface area contributed by atoms with E-state index in [0.29, 0.717) is 47.7 Å². The van der Waals surface area contributed by atoms with E-state index in [1.807, 2.05) is 16.8 Å². The fourth-order valence-corrected chi connectivity index (χ4v) is 6.11. The molecule has 196 valence electrons. The molecule has 0 spiro atoms. The molecule has 4 heterocycles. The van der Waals surface area contributed by atoms with Crippen LogP contribution in [-0.2, 0) is 9.47 Å². The lowest BCUT2D eigenvalue weighted by molar-refractivity contribution is 0.0563. The van der Waals surface area contributed by atoms with Gasteiger partial charge in [-0.3, -0.25) is 9.59 Å². The minimum atomic E-state index is -0.221. The molecule has 2 aliphatic carbocycles. The Morgan fingerprint density at radius 2 is 2.19 bits per heavy atom. The summed E-state index contributed by atoms with van der Waals surface area (Å²) in [5.41, 5.74) is 1.12. The maximum Gasteiger partial charge on any atom is 0.274 e. The highest BCUT2D eigenvalue weighted by Crippen LogP contribution is 2.64. The molecule has 0 aromatic carbocycles. The van der Waals surface area contributed by atoms with Crippen LogP contribution in [0.4, 0.5) is 17.3 Å². The number of amides is 1. The highest BCUT2D eigenvalue weighted by molar-refractivity contribution is 6.00. The fourth-order valence-electron chi connectivity index (χ4n) is 6.11. The van der Waals surface area contributed by atoms with Crippen molar-refractivity contribution >= 4 is 28.9 Å². The maximum absolute atomic E-state index is 13.4. The molecule has 11 heteroatoms. The molecule has 2 saturated carbocycles. The van der Waals surface area contributed by atoms with Gasteiger partial charge >= 0.3 is 0 Å². The van der Waals surface area contributed by atoms with E-state index in [1.165, 1.54) is 6.20 Å². The molecule has 1 aliphatic heterocycles. The summed E-state index contributed by atoms with van der Waals surface area (Å²) in [6.45, 7) is 3.54. The van der Waals surface area contributed by atoms with E-state index in [1.54, 1.807) is 30.8 Å². The van der Waals surface area contributed by atoms with Crippen molar-refractivity contribution in [1.29, 1.82) is 0 Å². The molecule has 0 radical (unpaired) electrons. The molecule has 1 unspecified atom stereocenters. The molecule has 3 aliphatic rings. The predicted molar refractivity (Wildman–Crippen MR) is 138 cm³/mol. The minimum absolute atomic E-state index is 0.0143. The van der Waals surface area contributed by atoms with Crippen LogP contribution < -0.4 is 21.5 Å². The molecule has 1 amide bonds. The fraction of sp³-hybridized carbons (Fsp3) is 0.538. The van der Waals surface area contributed by atoms with Crippen molar-refractivity contribution in [2.75, 3.05) is 38.0 Å². The van der Waals surface area contributed by atoms with Gasteiger partial charge in [0.25, 0.3) is 11.5 Å². The van der Waals surface area contributed by atoms with Gasteiger partial charge in [-0.05, 0) is 37.8 Å². The Labute approximate surface area is 214 Å². The minimum Gasteiger partial charge on any atom is -0.381 e. The van der Waals surface area contributed by atoms with Crippen molar-refractivity contribution in [2.24, 2.45) is 11.3 Å². The number of ether oxygens (including phenoxy) is 2. The van der Waals surface area contributed by atoms with Crippen LogP contribution in [0.5, 0.6) is 0 Å². The van der Waals surface area contributed by atoms with Crippen LogP contribution in [0.25, 0.3) is 5.65 Å².